The highest BCUT2D eigenvalue weighted by Gasteiger charge is 2.36. The minimum atomic E-state index is -0.322. The monoisotopic (exact) mass is 363 g/mol. The number of anilines is 2. The van der Waals surface area contributed by atoms with E-state index < -0.39 is 0 Å². The van der Waals surface area contributed by atoms with Gasteiger partial charge in [0.1, 0.15) is 0 Å². The maximum absolute atomic E-state index is 12.5. The van der Waals surface area contributed by atoms with Gasteiger partial charge in [-0.1, -0.05) is 18.6 Å². The molecule has 2 aliphatic rings. The minimum Gasteiger partial charge on any atom is -0.325 e. The smallest absolute Gasteiger partial charge is 0.266 e. The zero-order chi connectivity index (χ0) is 18.8. The molecule has 1 saturated heterocycles. The molecule has 3 amide bonds. The van der Waals surface area contributed by atoms with Crippen LogP contribution >= 0.6 is 0 Å². The molecule has 0 aliphatic carbocycles. The first-order valence-electron chi connectivity index (χ1n) is 9.23. The molecule has 2 heterocycles. The first kappa shape index (κ1) is 17.4. The number of likely N-dealkylation sites (tertiary alicyclic amines) is 1. The van der Waals surface area contributed by atoms with E-state index in [2.05, 4.69) is 10.2 Å². The molecule has 138 valence electrons. The van der Waals surface area contributed by atoms with Gasteiger partial charge in [0, 0.05) is 5.69 Å². The summed E-state index contributed by atoms with van der Waals surface area (Å²) >= 11 is 0. The van der Waals surface area contributed by atoms with Crippen LogP contribution in [-0.4, -0.2) is 42.3 Å². The first-order valence-corrected chi connectivity index (χ1v) is 9.23. The lowest BCUT2D eigenvalue weighted by molar-refractivity contribution is -0.117. The average molecular weight is 363 g/mol. The highest BCUT2D eigenvalue weighted by atomic mass is 16.2. The third-order valence-corrected chi connectivity index (χ3v) is 5.02. The molecule has 2 aromatic carbocycles. The van der Waals surface area contributed by atoms with E-state index in [1.807, 2.05) is 0 Å². The minimum absolute atomic E-state index is 0.0506. The average Bonchev–Trinajstić information content (AvgIpc) is 2.94. The predicted octanol–water partition coefficient (Wildman–Crippen LogP) is 2.91. The maximum Gasteiger partial charge on any atom is 0.266 e. The summed E-state index contributed by atoms with van der Waals surface area (Å²) in [6.07, 6.45) is 3.52. The molecule has 6 nitrogen and oxygen atoms in total. The molecule has 1 fully saturated rings. The second kappa shape index (κ2) is 7.32. The van der Waals surface area contributed by atoms with Crippen LogP contribution in [0.4, 0.5) is 11.4 Å². The maximum atomic E-state index is 12.5. The SMILES string of the molecule is O=C(CN1CCCCC1)Nc1ccc(N2C(=O)c3ccccc3C2=O)cc1. The van der Waals surface area contributed by atoms with Gasteiger partial charge in [0.25, 0.3) is 11.8 Å². The van der Waals surface area contributed by atoms with Gasteiger partial charge in [-0.05, 0) is 62.3 Å². The van der Waals surface area contributed by atoms with Gasteiger partial charge in [-0.2, -0.15) is 0 Å². The van der Waals surface area contributed by atoms with Crippen LogP contribution in [0.3, 0.4) is 0 Å². The molecular weight excluding hydrogens is 342 g/mol. The summed E-state index contributed by atoms with van der Waals surface area (Å²) in [5, 5.41) is 2.88. The Bertz CT molecular complexity index is 851. The molecule has 1 N–H and O–H groups in total. The van der Waals surface area contributed by atoms with E-state index in [-0.39, 0.29) is 17.7 Å². The topological polar surface area (TPSA) is 69.7 Å². The van der Waals surface area contributed by atoms with Gasteiger partial charge in [0.15, 0.2) is 0 Å². The van der Waals surface area contributed by atoms with E-state index in [9.17, 15) is 14.4 Å². The Hall–Kier alpha value is -2.99. The van der Waals surface area contributed by atoms with Gasteiger partial charge in [-0.3, -0.25) is 19.3 Å². The van der Waals surface area contributed by atoms with Crippen molar-refractivity contribution >= 4 is 29.1 Å². The van der Waals surface area contributed by atoms with E-state index in [1.165, 1.54) is 11.3 Å². The van der Waals surface area contributed by atoms with Crippen LogP contribution in [-0.2, 0) is 4.79 Å². The van der Waals surface area contributed by atoms with E-state index in [0.29, 0.717) is 29.0 Å². The number of amides is 3. The van der Waals surface area contributed by atoms with Crippen molar-refractivity contribution < 1.29 is 14.4 Å². The highest BCUT2D eigenvalue weighted by molar-refractivity contribution is 6.34. The molecule has 6 heteroatoms. The van der Waals surface area contributed by atoms with Crippen LogP contribution in [0.5, 0.6) is 0 Å². The molecular formula is C21H21N3O3. The lowest BCUT2D eigenvalue weighted by Gasteiger charge is -2.25. The van der Waals surface area contributed by atoms with Crippen LogP contribution in [0.1, 0.15) is 40.0 Å². The predicted molar refractivity (Wildman–Crippen MR) is 103 cm³/mol. The van der Waals surface area contributed by atoms with Gasteiger partial charge in [-0.25, -0.2) is 4.90 Å². The van der Waals surface area contributed by atoms with E-state index >= 15 is 0 Å². The Morgan fingerprint density at radius 3 is 2.04 bits per heavy atom. The van der Waals surface area contributed by atoms with Gasteiger partial charge >= 0.3 is 0 Å². The number of nitrogens with one attached hydrogen (secondary N) is 1. The van der Waals surface area contributed by atoms with Crippen molar-refractivity contribution in [2.75, 3.05) is 29.9 Å². The Kier molecular flexibility index (Phi) is 4.73. The number of hydrogen-bond acceptors (Lipinski definition) is 4. The number of benzene rings is 2. The van der Waals surface area contributed by atoms with Crippen molar-refractivity contribution in [1.82, 2.24) is 4.90 Å². The standard InChI is InChI=1S/C21H21N3O3/c25-19(14-23-12-4-1-5-13-23)22-15-8-10-16(11-9-15)24-20(26)17-6-2-3-7-18(17)21(24)27/h2-3,6-11H,1,4-5,12-14H2,(H,22,25). The summed E-state index contributed by atoms with van der Waals surface area (Å²) in [6.45, 7) is 2.32. The van der Waals surface area contributed by atoms with Crippen molar-refractivity contribution in [3.63, 3.8) is 0 Å². The Labute approximate surface area is 157 Å². The van der Waals surface area contributed by atoms with Crippen molar-refractivity contribution in [3.8, 4) is 0 Å². The number of nitrogens with zero attached hydrogens (tertiary/aromatic N) is 2. The molecule has 2 aromatic rings. The molecule has 0 aromatic heterocycles. The quantitative estimate of drug-likeness (QED) is 0.848. The number of fused-ring (bicyclic) bond motifs is 1. The van der Waals surface area contributed by atoms with Crippen molar-refractivity contribution in [2.45, 2.75) is 19.3 Å². The third-order valence-electron chi connectivity index (χ3n) is 5.02. The highest BCUT2D eigenvalue weighted by Crippen LogP contribution is 2.29. The van der Waals surface area contributed by atoms with Gasteiger partial charge in [0.05, 0.1) is 23.4 Å². The van der Waals surface area contributed by atoms with Crippen LogP contribution < -0.4 is 10.2 Å². The first-order chi connectivity index (χ1) is 13.1. The summed E-state index contributed by atoms with van der Waals surface area (Å²) in [6, 6.07) is 13.6. The third kappa shape index (κ3) is 3.48. The molecule has 0 atom stereocenters. The number of rotatable bonds is 4. The number of carbonyl (C=O) groups is 3. The summed E-state index contributed by atoms with van der Waals surface area (Å²) in [5.41, 5.74) is 1.98. The molecule has 0 bridgehead atoms. The van der Waals surface area contributed by atoms with Crippen molar-refractivity contribution in [3.05, 3.63) is 59.7 Å². The van der Waals surface area contributed by atoms with E-state index in [4.69, 9.17) is 0 Å². The van der Waals surface area contributed by atoms with Gasteiger partial charge < -0.3 is 5.32 Å². The second-order valence-electron chi connectivity index (χ2n) is 6.92. The summed E-state index contributed by atoms with van der Waals surface area (Å²) in [7, 11) is 0. The molecule has 2 aliphatic heterocycles. The van der Waals surface area contributed by atoms with Crippen molar-refractivity contribution in [2.24, 2.45) is 0 Å². The van der Waals surface area contributed by atoms with Crippen LogP contribution in [0.25, 0.3) is 0 Å². The van der Waals surface area contributed by atoms with Gasteiger partial charge in [-0.15, -0.1) is 0 Å². The zero-order valence-corrected chi connectivity index (χ0v) is 15.0. The summed E-state index contributed by atoms with van der Waals surface area (Å²) in [4.78, 5) is 40.6. The fourth-order valence-corrected chi connectivity index (χ4v) is 3.64. The fourth-order valence-electron chi connectivity index (χ4n) is 3.64. The number of carbonyl (C=O) groups excluding carboxylic acids is 3. The largest absolute Gasteiger partial charge is 0.325 e. The second-order valence-corrected chi connectivity index (χ2v) is 6.92. The number of piperidine rings is 1. The Morgan fingerprint density at radius 1 is 0.852 bits per heavy atom. The van der Waals surface area contributed by atoms with Crippen LogP contribution in [0.15, 0.2) is 48.5 Å². The van der Waals surface area contributed by atoms with Crippen molar-refractivity contribution in [1.29, 1.82) is 0 Å². The van der Waals surface area contributed by atoms with E-state index in [1.54, 1.807) is 48.5 Å². The van der Waals surface area contributed by atoms with Gasteiger partial charge in [0.2, 0.25) is 5.91 Å². The van der Waals surface area contributed by atoms with E-state index in [0.717, 1.165) is 25.9 Å². The molecule has 0 radical (unpaired) electrons. The zero-order valence-electron chi connectivity index (χ0n) is 15.0. The van der Waals surface area contributed by atoms with Crippen LogP contribution in [0.2, 0.25) is 0 Å². The molecule has 4 rings (SSSR count). The normalized spacial score (nSPS) is 17.1. The summed E-state index contributed by atoms with van der Waals surface area (Å²) in [5.74, 6) is -0.694. The number of imide groups is 1. The molecule has 0 saturated carbocycles. The fraction of sp³-hybridized carbons (Fsp3) is 0.286. The lowest BCUT2D eigenvalue weighted by atomic mass is 10.1. The summed E-state index contributed by atoms with van der Waals surface area (Å²) < 4.78 is 0. The molecule has 0 spiro atoms. The Balaban J connectivity index is 1.43. The Morgan fingerprint density at radius 2 is 1.44 bits per heavy atom. The lowest BCUT2D eigenvalue weighted by Crippen LogP contribution is -2.36. The molecule has 27 heavy (non-hydrogen) atoms. The van der Waals surface area contributed by atoms with Crippen LogP contribution in [0, 0.1) is 0 Å². The number of hydrogen-bond donors (Lipinski definition) is 1. The molecule has 0 unspecified atom stereocenters.